The number of nitrogens with zero attached hydrogens (tertiary/aromatic N) is 1. The van der Waals surface area contributed by atoms with Gasteiger partial charge in [-0.2, -0.15) is 0 Å². The molecule has 1 unspecified atom stereocenters. The predicted molar refractivity (Wildman–Crippen MR) is 83.5 cm³/mol. The Balaban J connectivity index is 2.35. The molecular formula is C16H26N2O3. The lowest BCUT2D eigenvalue weighted by atomic mass is 10.2. The summed E-state index contributed by atoms with van der Waals surface area (Å²) in [5, 5.41) is 12.8. The van der Waals surface area contributed by atoms with E-state index in [-0.39, 0.29) is 12.5 Å². The monoisotopic (exact) mass is 294 g/mol. The van der Waals surface area contributed by atoms with Crippen molar-refractivity contribution in [3.63, 3.8) is 0 Å². The molecule has 0 aliphatic heterocycles. The van der Waals surface area contributed by atoms with E-state index in [0.717, 1.165) is 5.75 Å². The number of aliphatic hydroxyl groups excluding tert-OH is 1. The highest BCUT2D eigenvalue weighted by Crippen LogP contribution is 2.11. The summed E-state index contributed by atoms with van der Waals surface area (Å²) in [6.45, 7) is 8.12. The molecule has 0 aromatic heterocycles. The zero-order chi connectivity index (χ0) is 15.7. The Bertz CT molecular complexity index is 420. The number of carbonyl (C=O) groups is 1. The molecule has 0 aliphatic rings. The van der Waals surface area contributed by atoms with E-state index < -0.39 is 6.10 Å². The molecule has 1 rings (SSSR count). The summed E-state index contributed by atoms with van der Waals surface area (Å²) in [6, 6.07) is 7.70. The van der Waals surface area contributed by atoms with Crippen molar-refractivity contribution in [2.75, 3.05) is 32.8 Å². The normalized spacial score (nSPS) is 12.2. The quantitative estimate of drug-likeness (QED) is 0.718. The van der Waals surface area contributed by atoms with Crippen LogP contribution in [-0.2, 0) is 4.79 Å². The van der Waals surface area contributed by atoms with E-state index in [0.29, 0.717) is 26.2 Å². The number of hydrogen-bond donors (Lipinski definition) is 2. The number of benzene rings is 1. The molecule has 5 heteroatoms. The third kappa shape index (κ3) is 7.11. The van der Waals surface area contributed by atoms with Crippen LogP contribution < -0.4 is 10.1 Å². The highest BCUT2D eigenvalue weighted by Gasteiger charge is 2.14. The first-order valence-corrected chi connectivity index (χ1v) is 7.41. The smallest absolute Gasteiger partial charge is 0.234 e. The van der Waals surface area contributed by atoms with Gasteiger partial charge < -0.3 is 15.2 Å². The maximum atomic E-state index is 11.5. The molecule has 0 aliphatic carbocycles. The van der Waals surface area contributed by atoms with Crippen molar-refractivity contribution >= 4 is 5.91 Å². The van der Waals surface area contributed by atoms with Gasteiger partial charge in [0.15, 0.2) is 0 Å². The second kappa shape index (κ2) is 9.37. The van der Waals surface area contributed by atoms with E-state index in [1.54, 1.807) is 0 Å². The van der Waals surface area contributed by atoms with Crippen molar-refractivity contribution in [3.8, 4) is 5.75 Å². The fourth-order valence-electron chi connectivity index (χ4n) is 1.94. The molecule has 0 fully saturated rings. The van der Waals surface area contributed by atoms with Gasteiger partial charge in [-0.25, -0.2) is 0 Å². The topological polar surface area (TPSA) is 61.8 Å². The third-order valence-corrected chi connectivity index (χ3v) is 3.12. The molecule has 0 heterocycles. The van der Waals surface area contributed by atoms with Gasteiger partial charge in [-0.05, 0) is 32.5 Å². The van der Waals surface area contributed by atoms with Crippen molar-refractivity contribution in [2.45, 2.75) is 26.9 Å². The van der Waals surface area contributed by atoms with Gasteiger partial charge in [0.25, 0.3) is 0 Å². The molecular weight excluding hydrogens is 268 g/mol. The Hall–Kier alpha value is -1.59. The van der Waals surface area contributed by atoms with Gasteiger partial charge in [0.1, 0.15) is 18.5 Å². The number of likely N-dealkylation sites (N-methyl/N-ethyl adjacent to an activating group) is 2. The van der Waals surface area contributed by atoms with Crippen LogP contribution in [0.2, 0.25) is 0 Å². The first-order valence-electron chi connectivity index (χ1n) is 7.41. The zero-order valence-electron chi connectivity index (χ0n) is 13.1. The minimum atomic E-state index is -0.624. The molecule has 21 heavy (non-hydrogen) atoms. The van der Waals surface area contributed by atoms with Gasteiger partial charge in [-0.3, -0.25) is 9.69 Å². The number of carbonyl (C=O) groups excluding carboxylic acids is 1. The van der Waals surface area contributed by atoms with E-state index in [4.69, 9.17) is 4.74 Å². The molecule has 1 atom stereocenters. The molecule has 1 aromatic rings. The molecule has 0 spiro atoms. The maximum absolute atomic E-state index is 11.5. The van der Waals surface area contributed by atoms with Gasteiger partial charge in [0.2, 0.25) is 5.91 Å². The van der Waals surface area contributed by atoms with Crippen molar-refractivity contribution in [1.29, 1.82) is 0 Å². The van der Waals surface area contributed by atoms with Crippen LogP contribution in [0.1, 0.15) is 19.4 Å². The summed E-state index contributed by atoms with van der Waals surface area (Å²) in [7, 11) is 0. The highest BCUT2D eigenvalue weighted by atomic mass is 16.5. The van der Waals surface area contributed by atoms with Crippen molar-refractivity contribution in [2.24, 2.45) is 0 Å². The second-order valence-electron chi connectivity index (χ2n) is 5.06. The van der Waals surface area contributed by atoms with E-state index in [9.17, 15) is 9.90 Å². The number of ether oxygens (including phenoxy) is 1. The Kier molecular flexibility index (Phi) is 7.79. The second-order valence-corrected chi connectivity index (χ2v) is 5.06. The van der Waals surface area contributed by atoms with E-state index in [1.165, 1.54) is 5.56 Å². The van der Waals surface area contributed by atoms with Crippen LogP contribution in [0.3, 0.4) is 0 Å². The van der Waals surface area contributed by atoms with Gasteiger partial charge in [-0.15, -0.1) is 0 Å². The van der Waals surface area contributed by atoms with E-state index >= 15 is 0 Å². The number of hydrogen-bond acceptors (Lipinski definition) is 4. The molecule has 0 radical (unpaired) electrons. The fourth-order valence-corrected chi connectivity index (χ4v) is 1.94. The minimum Gasteiger partial charge on any atom is -0.491 e. The summed E-state index contributed by atoms with van der Waals surface area (Å²) in [5.74, 6) is 0.720. The molecule has 1 aromatic carbocycles. The van der Waals surface area contributed by atoms with Crippen LogP contribution in [0, 0.1) is 6.92 Å². The lowest BCUT2D eigenvalue weighted by Gasteiger charge is -2.23. The summed E-state index contributed by atoms with van der Waals surface area (Å²) >= 11 is 0. The standard InChI is InChI=1S/C16H26N2O3/c1-4-17-16(20)11-18(5-2)10-14(19)12-21-15-8-6-13(3)7-9-15/h6-9,14,19H,4-5,10-12H2,1-3H3,(H,17,20). The van der Waals surface area contributed by atoms with Gasteiger partial charge in [0, 0.05) is 13.1 Å². The largest absolute Gasteiger partial charge is 0.491 e. The SMILES string of the molecule is CCNC(=O)CN(CC)CC(O)COc1ccc(C)cc1. The first-order chi connectivity index (χ1) is 10.0. The van der Waals surface area contributed by atoms with Crippen LogP contribution in [0.15, 0.2) is 24.3 Å². The number of aliphatic hydroxyl groups is 1. The average Bonchev–Trinajstić information content (AvgIpc) is 2.46. The van der Waals surface area contributed by atoms with Gasteiger partial charge in [-0.1, -0.05) is 24.6 Å². The molecule has 1 amide bonds. The van der Waals surface area contributed by atoms with Crippen molar-refractivity contribution in [3.05, 3.63) is 29.8 Å². The molecule has 0 bridgehead atoms. The first kappa shape index (κ1) is 17.5. The lowest BCUT2D eigenvalue weighted by Crippen LogP contribution is -2.42. The third-order valence-electron chi connectivity index (χ3n) is 3.12. The van der Waals surface area contributed by atoms with Crippen LogP contribution in [0.25, 0.3) is 0 Å². The molecule has 5 nitrogen and oxygen atoms in total. The van der Waals surface area contributed by atoms with Gasteiger partial charge in [0.05, 0.1) is 6.54 Å². The summed E-state index contributed by atoms with van der Waals surface area (Å²) < 4.78 is 5.54. The number of rotatable bonds is 9. The van der Waals surface area contributed by atoms with Crippen LogP contribution in [0.5, 0.6) is 5.75 Å². The van der Waals surface area contributed by atoms with Crippen LogP contribution in [-0.4, -0.2) is 54.8 Å². The fraction of sp³-hybridized carbons (Fsp3) is 0.562. The maximum Gasteiger partial charge on any atom is 0.234 e. The lowest BCUT2D eigenvalue weighted by molar-refractivity contribution is -0.122. The molecule has 2 N–H and O–H groups in total. The van der Waals surface area contributed by atoms with E-state index in [2.05, 4.69) is 5.32 Å². The Morgan fingerprint density at radius 3 is 2.57 bits per heavy atom. The van der Waals surface area contributed by atoms with Crippen molar-refractivity contribution < 1.29 is 14.6 Å². The minimum absolute atomic E-state index is 0.0222. The number of nitrogens with one attached hydrogen (secondary N) is 1. The Morgan fingerprint density at radius 1 is 1.33 bits per heavy atom. The van der Waals surface area contributed by atoms with Crippen molar-refractivity contribution in [1.82, 2.24) is 10.2 Å². The zero-order valence-corrected chi connectivity index (χ0v) is 13.1. The number of aryl methyl sites for hydroxylation is 1. The Morgan fingerprint density at radius 2 is 2.00 bits per heavy atom. The predicted octanol–water partition coefficient (Wildman–Crippen LogP) is 1.19. The summed E-state index contributed by atoms with van der Waals surface area (Å²) in [6.07, 6.45) is -0.624. The molecule has 0 saturated heterocycles. The average molecular weight is 294 g/mol. The summed E-state index contributed by atoms with van der Waals surface area (Å²) in [4.78, 5) is 13.4. The van der Waals surface area contributed by atoms with Crippen LogP contribution >= 0.6 is 0 Å². The molecule has 118 valence electrons. The molecule has 0 saturated carbocycles. The number of amides is 1. The Labute approximate surface area is 126 Å². The van der Waals surface area contributed by atoms with Gasteiger partial charge >= 0.3 is 0 Å². The van der Waals surface area contributed by atoms with Crippen LogP contribution in [0.4, 0.5) is 0 Å². The summed E-state index contributed by atoms with van der Waals surface area (Å²) in [5.41, 5.74) is 1.17. The van der Waals surface area contributed by atoms with E-state index in [1.807, 2.05) is 49.9 Å². The highest BCUT2D eigenvalue weighted by molar-refractivity contribution is 5.77.